The van der Waals surface area contributed by atoms with E-state index in [9.17, 15) is 9.59 Å². The number of quaternary nitrogens is 1. The molecule has 0 bridgehead atoms. The summed E-state index contributed by atoms with van der Waals surface area (Å²) in [6, 6.07) is 14.5. The van der Waals surface area contributed by atoms with Crippen molar-refractivity contribution in [2.75, 3.05) is 45.2 Å². The maximum atomic E-state index is 12.9. The number of ether oxygens (including phenoxy) is 3. The van der Waals surface area contributed by atoms with Crippen LogP contribution in [0.15, 0.2) is 48.5 Å². The van der Waals surface area contributed by atoms with E-state index in [4.69, 9.17) is 14.2 Å². The van der Waals surface area contributed by atoms with Crippen molar-refractivity contribution in [3.05, 3.63) is 48.5 Å². The number of fused-ring (bicyclic) bond motifs is 1. The fourth-order valence-electron chi connectivity index (χ4n) is 3.97. The summed E-state index contributed by atoms with van der Waals surface area (Å²) in [5.41, 5.74) is 0.657. The summed E-state index contributed by atoms with van der Waals surface area (Å²) in [6.45, 7) is 4.64. The van der Waals surface area contributed by atoms with Crippen LogP contribution in [0.1, 0.15) is 6.92 Å². The van der Waals surface area contributed by atoms with Gasteiger partial charge < -0.3 is 29.3 Å². The fraction of sp³-hybridized carbons (Fsp3) is 0.391. The van der Waals surface area contributed by atoms with Crippen LogP contribution in [-0.4, -0.2) is 68.8 Å². The number of hydrogen-bond donors (Lipinski definition) is 2. The zero-order valence-electron chi connectivity index (χ0n) is 17.8. The second kappa shape index (κ2) is 9.26. The third-order valence-corrected chi connectivity index (χ3v) is 5.87. The summed E-state index contributed by atoms with van der Waals surface area (Å²) in [5.74, 6) is 1.75. The molecule has 8 heteroatoms. The molecule has 2 aromatic carbocycles. The number of nitrogens with zero attached hydrogens (tertiary/aromatic N) is 1. The van der Waals surface area contributed by atoms with E-state index in [1.54, 1.807) is 18.1 Å². The number of anilines is 1. The molecule has 2 heterocycles. The van der Waals surface area contributed by atoms with Gasteiger partial charge in [-0.15, -0.1) is 0 Å². The average molecular weight is 426 g/mol. The number of carbonyl (C=O) groups is 2. The van der Waals surface area contributed by atoms with E-state index in [-0.39, 0.29) is 24.5 Å². The van der Waals surface area contributed by atoms with Crippen molar-refractivity contribution >= 4 is 17.5 Å². The van der Waals surface area contributed by atoms with Crippen molar-refractivity contribution in [2.24, 2.45) is 0 Å². The molecule has 2 amide bonds. The van der Waals surface area contributed by atoms with Crippen molar-refractivity contribution < 1.29 is 28.7 Å². The molecule has 2 atom stereocenters. The van der Waals surface area contributed by atoms with Crippen LogP contribution < -0.4 is 24.4 Å². The summed E-state index contributed by atoms with van der Waals surface area (Å²) in [7, 11) is 1.58. The number of nitrogens with one attached hydrogen (secondary N) is 2. The molecule has 2 aliphatic rings. The van der Waals surface area contributed by atoms with Crippen LogP contribution in [0.2, 0.25) is 0 Å². The summed E-state index contributed by atoms with van der Waals surface area (Å²) < 4.78 is 16.8. The number of carbonyl (C=O) groups excluding carboxylic acids is 2. The first-order valence-electron chi connectivity index (χ1n) is 10.5. The molecule has 1 fully saturated rings. The first kappa shape index (κ1) is 21.0. The SMILES string of the molecule is COc1ccccc1NC(=O)[C@H](C)[NH+]1CCN(C(=O)[C@@H]2COc3ccccc3O2)CC1. The smallest absolute Gasteiger partial charge is 0.282 e. The van der Waals surface area contributed by atoms with Crippen LogP contribution in [0, 0.1) is 0 Å². The molecule has 0 aromatic heterocycles. The second-order valence-electron chi connectivity index (χ2n) is 7.76. The first-order chi connectivity index (χ1) is 15.1. The Bertz CT molecular complexity index is 942. The standard InChI is InChI=1S/C23H27N3O5/c1-16(22(27)24-17-7-3-4-8-18(17)29-2)25-11-13-26(14-12-25)23(28)21-15-30-19-9-5-6-10-20(19)31-21/h3-10,16,21H,11-15H2,1-2H3,(H,24,27)/p+1/t16-,21-/m0/s1. The van der Waals surface area contributed by atoms with Crippen LogP contribution >= 0.6 is 0 Å². The molecule has 0 saturated carbocycles. The molecule has 0 aliphatic carbocycles. The number of para-hydroxylation sites is 4. The highest BCUT2D eigenvalue weighted by atomic mass is 16.6. The lowest BCUT2D eigenvalue weighted by Gasteiger charge is -2.37. The highest BCUT2D eigenvalue weighted by molar-refractivity contribution is 5.95. The van der Waals surface area contributed by atoms with Crippen LogP contribution in [-0.2, 0) is 9.59 Å². The van der Waals surface area contributed by atoms with Gasteiger partial charge in [0.05, 0.1) is 39.0 Å². The molecular weight excluding hydrogens is 398 g/mol. The molecule has 0 spiro atoms. The monoisotopic (exact) mass is 426 g/mol. The average Bonchev–Trinajstić information content (AvgIpc) is 2.83. The van der Waals surface area contributed by atoms with E-state index in [0.717, 1.165) is 4.90 Å². The molecule has 2 N–H and O–H groups in total. The summed E-state index contributed by atoms with van der Waals surface area (Å²) in [4.78, 5) is 28.6. The van der Waals surface area contributed by atoms with E-state index in [1.807, 2.05) is 49.4 Å². The zero-order chi connectivity index (χ0) is 21.8. The molecule has 1 saturated heterocycles. The van der Waals surface area contributed by atoms with Gasteiger partial charge >= 0.3 is 0 Å². The van der Waals surface area contributed by atoms with E-state index < -0.39 is 6.10 Å². The molecule has 4 rings (SSSR count). The number of amides is 2. The predicted molar refractivity (Wildman–Crippen MR) is 115 cm³/mol. The van der Waals surface area contributed by atoms with Gasteiger partial charge in [-0.3, -0.25) is 9.59 Å². The molecule has 164 valence electrons. The zero-order valence-corrected chi connectivity index (χ0v) is 17.8. The van der Waals surface area contributed by atoms with Crippen LogP contribution in [0.25, 0.3) is 0 Å². The van der Waals surface area contributed by atoms with E-state index in [1.165, 1.54) is 0 Å². The molecule has 8 nitrogen and oxygen atoms in total. The summed E-state index contributed by atoms with van der Waals surface area (Å²) >= 11 is 0. The molecule has 0 unspecified atom stereocenters. The third kappa shape index (κ3) is 4.59. The van der Waals surface area contributed by atoms with Gasteiger partial charge in [-0.05, 0) is 31.2 Å². The molecule has 2 aromatic rings. The Morgan fingerprint density at radius 1 is 1.10 bits per heavy atom. The topological polar surface area (TPSA) is 81.5 Å². The number of rotatable bonds is 5. The van der Waals surface area contributed by atoms with Gasteiger partial charge in [0.1, 0.15) is 12.4 Å². The second-order valence-corrected chi connectivity index (χ2v) is 7.76. The van der Waals surface area contributed by atoms with Crippen molar-refractivity contribution in [3.8, 4) is 17.2 Å². The maximum absolute atomic E-state index is 12.9. The number of hydrogen-bond acceptors (Lipinski definition) is 5. The minimum Gasteiger partial charge on any atom is -0.495 e. The van der Waals surface area contributed by atoms with Crippen molar-refractivity contribution in [1.82, 2.24) is 4.90 Å². The van der Waals surface area contributed by atoms with Gasteiger partial charge in [-0.2, -0.15) is 0 Å². The van der Waals surface area contributed by atoms with Crippen LogP contribution in [0.3, 0.4) is 0 Å². The van der Waals surface area contributed by atoms with Gasteiger partial charge in [-0.25, -0.2) is 0 Å². The summed E-state index contributed by atoms with van der Waals surface area (Å²) in [5, 5.41) is 2.95. The number of benzene rings is 2. The van der Waals surface area contributed by atoms with Crippen molar-refractivity contribution in [3.63, 3.8) is 0 Å². The van der Waals surface area contributed by atoms with E-state index >= 15 is 0 Å². The third-order valence-electron chi connectivity index (χ3n) is 5.87. The Morgan fingerprint density at radius 2 is 1.77 bits per heavy atom. The lowest BCUT2D eigenvalue weighted by atomic mass is 10.2. The van der Waals surface area contributed by atoms with Gasteiger partial charge in [0.25, 0.3) is 11.8 Å². The predicted octanol–water partition coefficient (Wildman–Crippen LogP) is 0.589. The van der Waals surface area contributed by atoms with Crippen molar-refractivity contribution in [2.45, 2.75) is 19.1 Å². The highest BCUT2D eigenvalue weighted by Crippen LogP contribution is 2.31. The Balaban J connectivity index is 1.30. The maximum Gasteiger partial charge on any atom is 0.282 e. The Hall–Kier alpha value is -3.26. The highest BCUT2D eigenvalue weighted by Gasteiger charge is 2.36. The molecule has 2 aliphatic heterocycles. The van der Waals surface area contributed by atoms with Gasteiger partial charge in [0.15, 0.2) is 17.5 Å². The quantitative estimate of drug-likeness (QED) is 0.732. The van der Waals surface area contributed by atoms with Gasteiger partial charge in [0, 0.05) is 0 Å². The Kier molecular flexibility index (Phi) is 6.27. The fourth-order valence-corrected chi connectivity index (χ4v) is 3.97. The van der Waals surface area contributed by atoms with Gasteiger partial charge in [0.2, 0.25) is 6.10 Å². The molecular formula is C23H28N3O5+. The van der Waals surface area contributed by atoms with Crippen LogP contribution in [0.5, 0.6) is 17.2 Å². The Labute approximate surface area is 181 Å². The van der Waals surface area contributed by atoms with Crippen LogP contribution in [0.4, 0.5) is 5.69 Å². The lowest BCUT2D eigenvalue weighted by Crippen LogP contribution is -3.19. The normalized spacial score (nSPS) is 19.4. The number of piperazine rings is 1. The minimum absolute atomic E-state index is 0.0695. The van der Waals surface area contributed by atoms with Crippen molar-refractivity contribution in [1.29, 1.82) is 0 Å². The lowest BCUT2D eigenvalue weighted by molar-refractivity contribution is -0.917. The Morgan fingerprint density at radius 3 is 2.52 bits per heavy atom. The summed E-state index contributed by atoms with van der Waals surface area (Å²) in [6.07, 6.45) is -0.636. The minimum atomic E-state index is -0.636. The molecule has 31 heavy (non-hydrogen) atoms. The van der Waals surface area contributed by atoms with E-state index in [0.29, 0.717) is 49.1 Å². The first-order valence-corrected chi connectivity index (χ1v) is 10.5. The number of methoxy groups -OCH3 is 1. The van der Waals surface area contributed by atoms with E-state index in [2.05, 4.69) is 5.32 Å². The van der Waals surface area contributed by atoms with Gasteiger partial charge in [-0.1, -0.05) is 24.3 Å². The molecule has 0 radical (unpaired) electrons. The largest absolute Gasteiger partial charge is 0.495 e.